The van der Waals surface area contributed by atoms with Gasteiger partial charge in [0.25, 0.3) is 0 Å². The van der Waals surface area contributed by atoms with Crippen molar-refractivity contribution < 1.29 is 24.2 Å². The molecule has 0 aromatic heterocycles. The van der Waals surface area contributed by atoms with Crippen LogP contribution in [0.3, 0.4) is 0 Å². The zero-order valence-electron chi connectivity index (χ0n) is 13.9. The fourth-order valence-corrected chi connectivity index (χ4v) is 2.73. The summed E-state index contributed by atoms with van der Waals surface area (Å²) in [5.41, 5.74) is 0.187. The van der Waals surface area contributed by atoms with Crippen LogP contribution in [0.4, 0.5) is 4.79 Å². The Hall–Kier alpha value is -2.24. The van der Waals surface area contributed by atoms with E-state index in [0.29, 0.717) is 5.75 Å². The van der Waals surface area contributed by atoms with Crippen LogP contribution in [0.5, 0.6) is 5.75 Å². The first-order valence-corrected chi connectivity index (χ1v) is 7.54. The molecule has 1 aromatic rings. The van der Waals surface area contributed by atoms with Crippen molar-refractivity contribution in [3.8, 4) is 5.75 Å². The van der Waals surface area contributed by atoms with E-state index in [9.17, 15) is 14.7 Å². The number of aliphatic carboxylic acids is 1. The van der Waals surface area contributed by atoms with Crippen LogP contribution in [0, 0.1) is 5.92 Å². The number of nitrogens with zero attached hydrogens (tertiary/aromatic N) is 1. The zero-order valence-corrected chi connectivity index (χ0v) is 13.9. The second-order valence-electron chi connectivity index (χ2n) is 6.69. The number of amides is 1. The average molecular weight is 320 g/mol. The highest BCUT2D eigenvalue weighted by atomic mass is 16.6. The first-order chi connectivity index (χ1) is 10.7. The van der Waals surface area contributed by atoms with Crippen molar-refractivity contribution in [2.75, 3.05) is 20.2 Å². The Kier molecular flexibility index (Phi) is 4.82. The monoisotopic (exact) mass is 320 g/mol. The fourth-order valence-electron chi connectivity index (χ4n) is 2.73. The van der Waals surface area contributed by atoms with Gasteiger partial charge in [-0.25, -0.2) is 4.79 Å². The van der Waals surface area contributed by atoms with Crippen molar-refractivity contribution in [2.45, 2.75) is 32.3 Å². The summed E-state index contributed by atoms with van der Waals surface area (Å²) in [7, 11) is 1.55. The largest absolute Gasteiger partial charge is 0.550 e. The molecule has 1 amide bonds. The van der Waals surface area contributed by atoms with Gasteiger partial charge in [-0.1, -0.05) is 12.1 Å². The highest BCUT2D eigenvalue weighted by molar-refractivity contribution is 5.74. The molecule has 1 fully saturated rings. The predicted molar refractivity (Wildman–Crippen MR) is 82.0 cm³/mol. The summed E-state index contributed by atoms with van der Waals surface area (Å²) in [4.78, 5) is 25.1. The van der Waals surface area contributed by atoms with Crippen molar-refractivity contribution in [3.05, 3.63) is 29.8 Å². The summed E-state index contributed by atoms with van der Waals surface area (Å²) < 4.78 is 10.5. The van der Waals surface area contributed by atoms with Gasteiger partial charge in [0.05, 0.1) is 7.11 Å². The van der Waals surface area contributed by atoms with Crippen molar-refractivity contribution in [3.63, 3.8) is 0 Å². The number of carbonyl (C=O) groups is 2. The number of benzene rings is 1. The maximum Gasteiger partial charge on any atom is 0.410 e. The molecule has 1 saturated heterocycles. The Labute approximate surface area is 136 Å². The van der Waals surface area contributed by atoms with E-state index in [4.69, 9.17) is 9.47 Å². The van der Waals surface area contributed by atoms with Crippen molar-refractivity contribution >= 4 is 12.1 Å². The summed E-state index contributed by atoms with van der Waals surface area (Å²) >= 11 is 0. The van der Waals surface area contributed by atoms with Crippen LogP contribution >= 0.6 is 0 Å². The number of likely N-dealkylation sites (tertiary alicyclic amines) is 1. The maximum atomic E-state index is 12.2. The van der Waals surface area contributed by atoms with E-state index in [0.717, 1.165) is 5.56 Å². The van der Waals surface area contributed by atoms with Crippen LogP contribution in [-0.4, -0.2) is 42.8 Å². The van der Waals surface area contributed by atoms with E-state index in [1.807, 2.05) is 6.07 Å². The lowest BCUT2D eigenvalue weighted by molar-refractivity contribution is -0.311. The lowest BCUT2D eigenvalue weighted by Gasteiger charge is -2.24. The molecular formula is C17H22NO5-. The summed E-state index contributed by atoms with van der Waals surface area (Å²) in [6.45, 7) is 5.68. The number of carboxylic acids is 1. The van der Waals surface area contributed by atoms with Gasteiger partial charge in [0, 0.05) is 30.9 Å². The van der Waals surface area contributed by atoms with Gasteiger partial charge in [0.2, 0.25) is 0 Å². The van der Waals surface area contributed by atoms with Crippen LogP contribution in [0.25, 0.3) is 0 Å². The molecule has 0 N–H and O–H groups in total. The Morgan fingerprint density at radius 1 is 1.26 bits per heavy atom. The van der Waals surface area contributed by atoms with E-state index in [1.165, 1.54) is 4.90 Å². The number of carbonyl (C=O) groups excluding carboxylic acids is 2. The Morgan fingerprint density at radius 2 is 1.96 bits per heavy atom. The molecule has 0 bridgehead atoms. The molecule has 0 unspecified atom stereocenters. The molecule has 0 radical (unpaired) electrons. The smallest absolute Gasteiger partial charge is 0.410 e. The van der Waals surface area contributed by atoms with Crippen LogP contribution in [0.15, 0.2) is 24.3 Å². The molecule has 23 heavy (non-hydrogen) atoms. The molecule has 0 aliphatic carbocycles. The highest BCUT2D eigenvalue weighted by Gasteiger charge is 2.38. The molecule has 6 nitrogen and oxygen atoms in total. The third-order valence-corrected chi connectivity index (χ3v) is 3.80. The average Bonchev–Trinajstić information content (AvgIpc) is 2.91. The van der Waals surface area contributed by atoms with Crippen LogP contribution < -0.4 is 9.84 Å². The van der Waals surface area contributed by atoms with E-state index >= 15 is 0 Å². The summed E-state index contributed by atoms with van der Waals surface area (Å²) in [5, 5.41) is 11.5. The highest BCUT2D eigenvalue weighted by Crippen LogP contribution is 2.34. The van der Waals surface area contributed by atoms with Crippen LogP contribution in [-0.2, 0) is 9.53 Å². The lowest BCUT2D eigenvalue weighted by atomic mass is 9.89. The third kappa shape index (κ3) is 4.15. The quantitative estimate of drug-likeness (QED) is 0.841. The van der Waals surface area contributed by atoms with Crippen molar-refractivity contribution in [2.24, 2.45) is 5.92 Å². The van der Waals surface area contributed by atoms with Crippen molar-refractivity contribution in [1.29, 1.82) is 0 Å². The molecule has 1 heterocycles. The number of rotatable bonds is 3. The first-order valence-electron chi connectivity index (χ1n) is 7.54. The number of hydrogen-bond donors (Lipinski definition) is 0. The van der Waals surface area contributed by atoms with E-state index in [1.54, 1.807) is 46.1 Å². The van der Waals surface area contributed by atoms with E-state index < -0.39 is 23.6 Å². The standard InChI is InChI=1S/C17H23NO5/c1-17(2,3)23-16(21)18-9-13(14(10-18)15(19)20)11-6-5-7-12(8-11)22-4/h5-8,13-14H,9-10H2,1-4H3,(H,19,20)/p-1/t13-,14+/m0/s1. The molecule has 1 aliphatic heterocycles. The SMILES string of the molecule is COc1cccc([C@@H]2CN(C(=O)OC(C)(C)C)C[C@H]2C(=O)[O-])c1. The van der Waals surface area contributed by atoms with Crippen molar-refractivity contribution in [1.82, 2.24) is 4.90 Å². The van der Waals surface area contributed by atoms with E-state index in [-0.39, 0.29) is 19.0 Å². The first kappa shape index (κ1) is 17.1. The second-order valence-corrected chi connectivity index (χ2v) is 6.69. The third-order valence-electron chi connectivity index (χ3n) is 3.80. The van der Waals surface area contributed by atoms with Crippen LogP contribution in [0.2, 0.25) is 0 Å². The molecule has 2 rings (SSSR count). The number of ether oxygens (including phenoxy) is 2. The maximum absolute atomic E-state index is 12.2. The minimum atomic E-state index is -1.16. The van der Waals surface area contributed by atoms with Gasteiger partial charge in [-0.15, -0.1) is 0 Å². The fraction of sp³-hybridized carbons (Fsp3) is 0.529. The minimum Gasteiger partial charge on any atom is -0.550 e. The van der Waals surface area contributed by atoms with Gasteiger partial charge < -0.3 is 24.3 Å². The van der Waals surface area contributed by atoms with Crippen LogP contribution in [0.1, 0.15) is 32.3 Å². The Morgan fingerprint density at radius 3 is 2.52 bits per heavy atom. The molecule has 0 spiro atoms. The normalized spacial score (nSPS) is 21.1. The van der Waals surface area contributed by atoms with Gasteiger partial charge >= 0.3 is 6.09 Å². The lowest BCUT2D eigenvalue weighted by Crippen LogP contribution is -2.38. The number of hydrogen-bond acceptors (Lipinski definition) is 5. The van der Waals surface area contributed by atoms with Gasteiger partial charge in [0.1, 0.15) is 11.4 Å². The number of carboxylic acid groups (broad SMARTS) is 1. The molecule has 1 aliphatic rings. The molecule has 1 aromatic carbocycles. The summed E-state index contributed by atoms with van der Waals surface area (Å²) in [6, 6.07) is 7.22. The predicted octanol–water partition coefficient (Wildman–Crippen LogP) is 1.40. The Bertz CT molecular complexity index is 593. The molecule has 126 valence electrons. The second kappa shape index (κ2) is 6.48. The van der Waals surface area contributed by atoms with Gasteiger partial charge in [-0.3, -0.25) is 0 Å². The molecule has 0 saturated carbocycles. The summed E-state index contributed by atoms with van der Waals surface area (Å²) in [6.07, 6.45) is -0.505. The Balaban J connectivity index is 2.21. The molecule has 6 heteroatoms. The topological polar surface area (TPSA) is 78.9 Å². The van der Waals surface area contributed by atoms with Gasteiger partial charge in [-0.05, 0) is 38.5 Å². The zero-order chi connectivity index (χ0) is 17.2. The molecular weight excluding hydrogens is 298 g/mol. The number of methoxy groups -OCH3 is 1. The van der Waals surface area contributed by atoms with E-state index in [2.05, 4.69) is 0 Å². The molecule has 2 atom stereocenters. The van der Waals surface area contributed by atoms with Gasteiger partial charge in [-0.2, -0.15) is 0 Å². The van der Waals surface area contributed by atoms with Gasteiger partial charge in [0.15, 0.2) is 0 Å². The summed E-state index contributed by atoms with van der Waals surface area (Å²) in [5.74, 6) is -1.63. The minimum absolute atomic E-state index is 0.0825.